The largest absolute Gasteiger partial charge is 0.305 e. The first-order valence-electron chi connectivity index (χ1n) is 12.4. The summed E-state index contributed by atoms with van der Waals surface area (Å²) >= 11 is 0. The van der Waals surface area contributed by atoms with E-state index in [1.165, 1.54) is 24.3 Å². The molecule has 38 heavy (non-hydrogen) atoms. The molecule has 0 bridgehead atoms. The fourth-order valence-corrected chi connectivity index (χ4v) is 4.80. The lowest BCUT2D eigenvalue weighted by atomic mass is 9.75. The predicted octanol–water partition coefficient (Wildman–Crippen LogP) is 7.10. The second kappa shape index (κ2) is 9.10. The summed E-state index contributed by atoms with van der Waals surface area (Å²) in [6.45, 7) is 3.94. The molecule has 0 saturated heterocycles. The highest BCUT2D eigenvalue weighted by Gasteiger charge is 2.35. The minimum atomic E-state index is -0.377. The van der Waals surface area contributed by atoms with Gasteiger partial charge in [0, 0.05) is 28.3 Å². The van der Waals surface area contributed by atoms with Crippen LogP contribution in [-0.4, -0.2) is 25.3 Å². The van der Waals surface area contributed by atoms with Gasteiger partial charge in [0.05, 0.1) is 34.8 Å². The monoisotopic (exact) mass is 506 g/mol. The minimum Gasteiger partial charge on any atom is -0.305 e. The van der Waals surface area contributed by atoms with Crippen LogP contribution >= 0.6 is 0 Å². The zero-order chi connectivity index (χ0) is 26.4. The van der Waals surface area contributed by atoms with Crippen molar-refractivity contribution in [2.45, 2.75) is 26.7 Å². The number of pyridine rings is 2. The molecule has 0 aliphatic heterocycles. The van der Waals surface area contributed by atoms with E-state index in [2.05, 4.69) is 4.98 Å². The van der Waals surface area contributed by atoms with Crippen molar-refractivity contribution in [3.63, 3.8) is 0 Å². The Hall–Kier alpha value is -4.52. The Kier molecular flexibility index (Phi) is 5.71. The Morgan fingerprint density at radius 1 is 0.789 bits per heavy atom. The lowest BCUT2D eigenvalue weighted by Crippen LogP contribution is -2.31. The Labute approximate surface area is 218 Å². The zero-order valence-electron chi connectivity index (χ0n) is 21.0. The predicted molar refractivity (Wildman–Crippen MR) is 142 cm³/mol. The Morgan fingerprint density at radius 2 is 1.45 bits per heavy atom. The molecule has 1 aliphatic carbocycles. The van der Waals surface area contributed by atoms with Gasteiger partial charge >= 0.3 is 0 Å². The molecule has 188 valence electrons. The molecule has 0 fully saturated rings. The number of carbonyl (C=O) groups excluding carboxylic acids is 1. The summed E-state index contributed by atoms with van der Waals surface area (Å²) in [6.07, 6.45) is 5.02. The average Bonchev–Trinajstić information content (AvgIpc) is 3.41. The zero-order valence-corrected chi connectivity index (χ0v) is 21.0. The summed E-state index contributed by atoms with van der Waals surface area (Å²) in [6, 6.07) is 19.8. The summed E-state index contributed by atoms with van der Waals surface area (Å²) in [4.78, 5) is 26.8. The van der Waals surface area contributed by atoms with E-state index in [1.807, 2.05) is 48.9 Å². The van der Waals surface area contributed by atoms with Crippen molar-refractivity contribution < 1.29 is 13.6 Å². The summed E-state index contributed by atoms with van der Waals surface area (Å²) in [5, 5.41) is 0. The number of Topliss-reactive ketones (excluding diaryl/α,β-unsaturated/α-hetero) is 1. The molecule has 1 aliphatic rings. The van der Waals surface area contributed by atoms with Gasteiger partial charge in [-0.25, -0.2) is 18.7 Å². The van der Waals surface area contributed by atoms with E-state index < -0.39 is 0 Å². The number of hydrogen-bond acceptors (Lipinski definition) is 4. The molecule has 0 N–H and O–H groups in total. The van der Waals surface area contributed by atoms with E-state index in [0.29, 0.717) is 39.5 Å². The van der Waals surface area contributed by atoms with Gasteiger partial charge in [-0.2, -0.15) is 0 Å². The molecule has 0 atom stereocenters. The second-order valence-electron chi connectivity index (χ2n) is 10.2. The Bertz CT molecular complexity index is 1640. The van der Waals surface area contributed by atoms with Crippen LogP contribution in [0.3, 0.4) is 0 Å². The number of aromatic nitrogens is 4. The number of ketones is 1. The van der Waals surface area contributed by atoms with Gasteiger partial charge < -0.3 is 4.57 Å². The maximum Gasteiger partial charge on any atom is 0.170 e. The highest BCUT2D eigenvalue weighted by molar-refractivity contribution is 6.02. The van der Waals surface area contributed by atoms with Gasteiger partial charge in [0.2, 0.25) is 0 Å². The number of imidazole rings is 1. The summed E-state index contributed by atoms with van der Waals surface area (Å²) < 4.78 is 29.9. The normalized spacial score (nSPS) is 14.4. The van der Waals surface area contributed by atoms with Crippen LogP contribution in [0.5, 0.6) is 0 Å². The van der Waals surface area contributed by atoms with Crippen LogP contribution in [-0.2, 0) is 6.42 Å². The highest BCUT2D eigenvalue weighted by Crippen LogP contribution is 2.35. The number of nitrogens with zero attached hydrogens (tertiary/aromatic N) is 4. The quantitative estimate of drug-likeness (QED) is 0.261. The van der Waals surface area contributed by atoms with Gasteiger partial charge in [0.1, 0.15) is 17.3 Å². The van der Waals surface area contributed by atoms with Gasteiger partial charge in [0.25, 0.3) is 0 Å². The lowest BCUT2D eigenvalue weighted by Gasteiger charge is -2.28. The molecular weight excluding hydrogens is 482 g/mol. The van der Waals surface area contributed by atoms with Crippen molar-refractivity contribution >= 4 is 5.78 Å². The van der Waals surface area contributed by atoms with Gasteiger partial charge in [0.15, 0.2) is 5.78 Å². The van der Waals surface area contributed by atoms with E-state index in [9.17, 15) is 13.6 Å². The van der Waals surface area contributed by atoms with Crippen LogP contribution in [0.15, 0.2) is 85.3 Å². The third-order valence-corrected chi connectivity index (χ3v) is 7.01. The SMILES string of the molecule is CC1(C)CCc2nc(-c3cn(-c4cc(-c5cccc(F)c5)nc(-c5cccc(F)c5)c4)cn3)ccc2C1=O. The molecule has 0 saturated carbocycles. The fraction of sp³-hybridized carbons (Fsp3) is 0.161. The van der Waals surface area contributed by atoms with Crippen molar-refractivity contribution in [3.8, 4) is 39.6 Å². The first kappa shape index (κ1) is 23.9. The number of hydrogen-bond donors (Lipinski definition) is 0. The van der Waals surface area contributed by atoms with Gasteiger partial charge in [-0.1, -0.05) is 38.1 Å². The van der Waals surface area contributed by atoms with Crippen molar-refractivity contribution in [2.24, 2.45) is 5.41 Å². The number of benzene rings is 2. The summed E-state index contributed by atoms with van der Waals surface area (Å²) in [5.41, 5.74) is 5.47. The number of halogens is 2. The minimum absolute atomic E-state index is 0.120. The standard InChI is InChI=1S/C31H24F2N4O/c1-31(2)12-11-25-24(30(31)38)9-10-26(35-25)29-17-37(18-34-29)23-15-27(19-5-3-7-21(32)13-19)36-28(16-23)20-6-4-8-22(33)14-20/h3-10,13-18H,11-12H2,1-2H3. The van der Waals surface area contributed by atoms with E-state index >= 15 is 0 Å². The lowest BCUT2D eigenvalue weighted by molar-refractivity contribution is 0.0809. The maximum atomic E-state index is 14.0. The number of carbonyl (C=O) groups is 1. The number of aryl methyl sites for hydroxylation is 1. The fourth-order valence-electron chi connectivity index (χ4n) is 4.80. The molecule has 0 radical (unpaired) electrons. The number of rotatable bonds is 4. The van der Waals surface area contributed by atoms with Gasteiger partial charge in [-0.3, -0.25) is 9.78 Å². The molecular formula is C31H24F2N4O. The molecule has 0 spiro atoms. The van der Waals surface area contributed by atoms with Gasteiger partial charge in [-0.15, -0.1) is 0 Å². The van der Waals surface area contributed by atoms with Gasteiger partial charge in [-0.05, 0) is 61.4 Å². The highest BCUT2D eigenvalue weighted by atomic mass is 19.1. The molecule has 3 heterocycles. The topological polar surface area (TPSA) is 60.7 Å². The Balaban J connectivity index is 1.42. The van der Waals surface area contributed by atoms with Crippen molar-refractivity contribution in [3.05, 3.63) is 108 Å². The first-order chi connectivity index (χ1) is 18.3. The van der Waals surface area contributed by atoms with Crippen LogP contribution in [0.2, 0.25) is 0 Å². The van der Waals surface area contributed by atoms with E-state index in [0.717, 1.165) is 24.2 Å². The third kappa shape index (κ3) is 4.41. The average molecular weight is 507 g/mol. The molecule has 0 unspecified atom stereocenters. The molecule has 6 rings (SSSR count). The van der Waals surface area contributed by atoms with Crippen molar-refractivity contribution in [1.29, 1.82) is 0 Å². The summed E-state index contributed by atoms with van der Waals surface area (Å²) in [7, 11) is 0. The third-order valence-electron chi connectivity index (χ3n) is 7.01. The van der Waals surface area contributed by atoms with Crippen LogP contribution in [0.1, 0.15) is 36.3 Å². The molecule has 5 nitrogen and oxygen atoms in total. The molecule has 0 amide bonds. The maximum absolute atomic E-state index is 14.0. The van der Waals surface area contributed by atoms with E-state index in [4.69, 9.17) is 9.97 Å². The van der Waals surface area contributed by atoms with Crippen LogP contribution in [0.4, 0.5) is 8.78 Å². The van der Waals surface area contributed by atoms with E-state index in [-0.39, 0.29) is 22.8 Å². The smallest absolute Gasteiger partial charge is 0.170 e. The molecule has 2 aromatic carbocycles. The molecule has 7 heteroatoms. The van der Waals surface area contributed by atoms with Crippen LogP contribution < -0.4 is 0 Å². The number of fused-ring (bicyclic) bond motifs is 1. The van der Waals surface area contributed by atoms with Crippen LogP contribution in [0.25, 0.3) is 39.6 Å². The van der Waals surface area contributed by atoms with Crippen molar-refractivity contribution in [1.82, 2.24) is 19.5 Å². The second-order valence-corrected chi connectivity index (χ2v) is 10.2. The first-order valence-corrected chi connectivity index (χ1v) is 12.4. The van der Waals surface area contributed by atoms with Crippen LogP contribution in [0, 0.1) is 17.0 Å². The summed E-state index contributed by atoms with van der Waals surface area (Å²) in [5.74, 6) is -0.616. The molecule has 3 aromatic heterocycles. The van der Waals surface area contributed by atoms with E-state index in [1.54, 1.807) is 30.6 Å². The molecule has 5 aromatic rings. The Morgan fingerprint density at radius 3 is 2.08 bits per heavy atom. The van der Waals surface area contributed by atoms with Crippen molar-refractivity contribution in [2.75, 3.05) is 0 Å².